The molecule has 33 heavy (non-hydrogen) atoms. The van der Waals surface area contributed by atoms with Crippen molar-refractivity contribution in [2.75, 3.05) is 6.61 Å². The molecule has 0 bridgehead atoms. The molecule has 4 rings (SSSR count). The first-order valence-corrected chi connectivity index (χ1v) is 13.0. The number of benzene rings is 2. The van der Waals surface area contributed by atoms with Crippen molar-refractivity contribution < 1.29 is 23.1 Å². The molecule has 0 saturated heterocycles. The van der Waals surface area contributed by atoms with Gasteiger partial charge in [0.1, 0.15) is 9.96 Å². The summed E-state index contributed by atoms with van der Waals surface area (Å²) in [5.74, 6) is -0.362. The number of carboxylic acids is 1. The van der Waals surface area contributed by atoms with Crippen LogP contribution in [0, 0.1) is 0 Å². The van der Waals surface area contributed by atoms with E-state index in [0.29, 0.717) is 38.9 Å². The Kier molecular flexibility index (Phi) is 6.72. The van der Waals surface area contributed by atoms with Gasteiger partial charge in [0.05, 0.1) is 22.2 Å². The van der Waals surface area contributed by atoms with Crippen LogP contribution in [0.3, 0.4) is 0 Å². The van der Waals surface area contributed by atoms with E-state index >= 15 is 0 Å². The van der Waals surface area contributed by atoms with E-state index in [9.17, 15) is 13.2 Å². The first-order chi connectivity index (χ1) is 15.7. The topological polar surface area (TPSA) is 85.6 Å². The van der Waals surface area contributed by atoms with Crippen LogP contribution in [0.25, 0.3) is 21.3 Å². The number of fused-ring (bicyclic) bond motifs is 1. The number of aryl methyl sites for hydroxylation is 1. The van der Waals surface area contributed by atoms with Gasteiger partial charge in [-0.05, 0) is 66.9 Å². The number of rotatable bonds is 8. The third-order valence-corrected chi connectivity index (χ3v) is 9.06. The molecule has 2 heterocycles. The minimum absolute atomic E-state index is 0.113. The van der Waals surface area contributed by atoms with Gasteiger partial charge in [-0.3, -0.25) is 4.79 Å². The van der Waals surface area contributed by atoms with Crippen LogP contribution in [0.15, 0.2) is 58.9 Å². The molecule has 0 aliphatic heterocycles. The summed E-state index contributed by atoms with van der Waals surface area (Å²) in [6.07, 6.45) is 1.58. The number of aliphatic carboxylic acids is 1. The summed E-state index contributed by atoms with van der Waals surface area (Å²) in [7, 11) is -3.93. The molecule has 0 aliphatic rings. The third-order valence-electron chi connectivity index (χ3n) is 5.04. The number of halogens is 2. The number of hydrogen-bond donors (Lipinski definition) is 1. The van der Waals surface area contributed by atoms with Gasteiger partial charge in [-0.1, -0.05) is 29.3 Å². The second-order valence-corrected chi connectivity index (χ2v) is 11.1. The standard InChI is InChI=1S/C23H19Cl2NO5S2/c1-2-31-16-5-7-20-17(12-16)15(4-9-22(27)28)13-26(20)33(29,30)23-10-8-21(32-23)14-3-6-18(24)19(25)11-14/h3,5-8,10-13H,2,4,9H2,1H3,(H,27,28). The Morgan fingerprint density at radius 1 is 1.09 bits per heavy atom. The van der Waals surface area contributed by atoms with Gasteiger partial charge in [0.15, 0.2) is 0 Å². The fourth-order valence-electron chi connectivity index (χ4n) is 3.50. The Hall–Kier alpha value is -2.52. The van der Waals surface area contributed by atoms with Gasteiger partial charge in [-0.25, -0.2) is 3.97 Å². The average molecular weight is 524 g/mol. The molecule has 2 aromatic carbocycles. The fourth-order valence-corrected chi connectivity index (χ4v) is 6.58. The predicted octanol–water partition coefficient (Wildman–Crippen LogP) is 6.33. The summed E-state index contributed by atoms with van der Waals surface area (Å²) < 4.78 is 34.0. The minimum Gasteiger partial charge on any atom is -0.494 e. The summed E-state index contributed by atoms with van der Waals surface area (Å²) in [5, 5.41) is 10.6. The Morgan fingerprint density at radius 3 is 2.58 bits per heavy atom. The zero-order chi connectivity index (χ0) is 23.8. The van der Waals surface area contributed by atoms with Crippen molar-refractivity contribution in [3.63, 3.8) is 0 Å². The van der Waals surface area contributed by atoms with Gasteiger partial charge in [0, 0.05) is 22.9 Å². The van der Waals surface area contributed by atoms with Gasteiger partial charge in [-0.15, -0.1) is 11.3 Å². The normalized spacial score (nSPS) is 11.7. The number of carboxylic acid groups (broad SMARTS) is 1. The second kappa shape index (κ2) is 9.38. The number of nitrogens with zero attached hydrogens (tertiary/aromatic N) is 1. The van der Waals surface area contributed by atoms with Crippen LogP contribution in [-0.2, 0) is 21.2 Å². The molecule has 172 valence electrons. The molecule has 1 N–H and O–H groups in total. The van der Waals surface area contributed by atoms with Crippen LogP contribution in [0.2, 0.25) is 10.0 Å². The molecular weight excluding hydrogens is 505 g/mol. The average Bonchev–Trinajstić information content (AvgIpc) is 3.40. The zero-order valence-corrected chi connectivity index (χ0v) is 20.6. The smallest absolute Gasteiger partial charge is 0.303 e. The summed E-state index contributed by atoms with van der Waals surface area (Å²) >= 11 is 13.2. The van der Waals surface area contributed by atoms with Crippen LogP contribution in [0.4, 0.5) is 0 Å². The molecule has 0 amide bonds. The second-order valence-electron chi connectivity index (χ2n) is 7.21. The highest BCUT2D eigenvalue weighted by Gasteiger charge is 2.24. The molecule has 10 heteroatoms. The van der Waals surface area contributed by atoms with Crippen molar-refractivity contribution in [1.29, 1.82) is 0 Å². The maximum Gasteiger partial charge on any atom is 0.303 e. The lowest BCUT2D eigenvalue weighted by Gasteiger charge is -2.07. The molecule has 0 unspecified atom stereocenters. The van der Waals surface area contributed by atoms with Crippen molar-refractivity contribution in [2.45, 2.75) is 24.0 Å². The molecule has 4 aromatic rings. The molecule has 0 fully saturated rings. The Balaban J connectivity index is 1.79. The fraction of sp³-hybridized carbons (Fsp3) is 0.174. The number of hydrogen-bond acceptors (Lipinski definition) is 5. The lowest BCUT2D eigenvalue weighted by Crippen LogP contribution is -2.10. The van der Waals surface area contributed by atoms with Crippen LogP contribution < -0.4 is 4.74 Å². The maximum absolute atomic E-state index is 13.6. The molecule has 0 radical (unpaired) electrons. The molecule has 2 aromatic heterocycles. The van der Waals surface area contributed by atoms with Crippen LogP contribution >= 0.6 is 34.5 Å². The van der Waals surface area contributed by atoms with Crippen LogP contribution in [0.1, 0.15) is 18.9 Å². The summed E-state index contributed by atoms with van der Waals surface area (Å²) in [6, 6.07) is 13.5. The van der Waals surface area contributed by atoms with Gasteiger partial charge in [0.2, 0.25) is 0 Å². The van der Waals surface area contributed by atoms with Crippen molar-refractivity contribution in [3.8, 4) is 16.2 Å². The van der Waals surface area contributed by atoms with Gasteiger partial charge >= 0.3 is 5.97 Å². The highest BCUT2D eigenvalue weighted by atomic mass is 35.5. The highest BCUT2D eigenvalue weighted by Crippen LogP contribution is 2.37. The predicted molar refractivity (Wildman–Crippen MR) is 131 cm³/mol. The molecule has 0 aliphatic carbocycles. The van der Waals surface area contributed by atoms with Gasteiger partial charge < -0.3 is 9.84 Å². The zero-order valence-electron chi connectivity index (χ0n) is 17.4. The molecule has 0 atom stereocenters. The van der Waals surface area contributed by atoms with E-state index in [4.69, 9.17) is 33.0 Å². The monoisotopic (exact) mass is 523 g/mol. The lowest BCUT2D eigenvalue weighted by atomic mass is 10.1. The summed E-state index contributed by atoms with van der Waals surface area (Å²) in [4.78, 5) is 11.8. The highest BCUT2D eigenvalue weighted by molar-refractivity contribution is 7.92. The number of carbonyl (C=O) groups is 1. The Bertz CT molecular complexity index is 1460. The molecule has 0 spiro atoms. The van der Waals surface area contributed by atoms with E-state index in [1.54, 1.807) is 48.5 Å². The van der Waals surface area contributed by atoms with E-state index in [-0.39, 0.29) is 17.1 Å². The van der Waals surface area contributed by atoms with Crippen LogP contribution in [-0.4, -0.2) is 30.1 Å². The first-order valence-electron chi connectivity index (χ1n) is 10.00. The quantitative estimate of drug-likeness (QED) is 0.291. The largest absolute Gasteiger partial charge is 0.494 e. The molecule has 6 nitrogen and oxygen atoms in total. The molecular formula is C23H19Cl2NO5S2. The van der Waals surface area contributed by atoms with Crippen molar-refractivity contribution >= 4 is 61.4 Å². The van der Waals surface area contributed by atoms with Crippen LogP contribution in [0.5, 0.6) is 5.75 Å². The van der Waals surface area contributed by atoms with Crippen molar-refractivity contribution in [1.82, 2.24) is 3.97 Å². The minimum atomic E-state index is -3.93. The summed E-state index contributed by atoms with van der Waals surface area (Å²) in [5.41, 5.74) is 1.85. The number of ether oxygens (including phenoxy) is 1. The van der Waals surface area contributed by atoms with E-state index < -0.39 is 16.0 Å². The van der Waals surface area contributed by atoms with E-state index in [0.717, 1.165) is 21.8 Å². The lowest BCUT2D eigenvalue weighted by molar-refractivity contribution is -0.136. The first kappa shape index (κ1) is 23.6. The van der Waals surface area contributed by atoms with E-state index in [1.807, 2.05) is 6.92 Å². The maximum atomic E-state index is 13.6. The number of thiophene rings is 1. The summed E-state index contributed by atoms with van der Waals surface area (Å²) in [6.45, 7) is 2.31. The van der Waals surface area contributed by atoms with Crippen molar-refractivity contribution in [2.24, 2.45) is 0 Å². The SMILES string of the molecule is CCOc1ccc2c(c1)c(CCC(=O)O)cn2S(=O)(=O)c1ccc(-c2ccc(Cl)c(Cl)c2)s1. The Labute approximate surface area is 205 Å². The Morgan fingerprint density at radius 2 is 1.88 bits per heavy atom. The van der Waals surface area contributed by atoms with E-state index in [2.05, 4.69) is 0 Å². The third kappa shape index (κ3) is 4.75. The van der Waals surface area contributed by atoms with E-state index in [1.165, 1.54) is 10.2 Å². The van der Waals surface area contributed by atoms with Gasteiger partial charge in [0.25, 0.3) is 10.0 Å². The molecule has 0 saturated carbocycles. The van der Waals surface area contributed by atoms with Gasteiger partial charge in [-0.2, -0.15) is 8.42 Å². The number of aromatic nitrogens is 1. The van der Waals surface area contributed by atoms with Crippen molar-refractivity contribution in [3.05, 3.63) is 70.3 Å².